The van der Waals surface area contributed by atoms with Crippen LogP contribution in [0.3, 0.4) is 0 Å². The first-order valence-electron chi connectivity index (χ1n) is 4.46. The molecule has 2 N–H and O–H groups in total. The van der Waals surface area contributed by atoms with Crippen molar-refractivity contribution < 1.29 is 13.2 Å². The Labute approximate surface area is 104 Å². The van der Waals surface area contributed by atoms with Gasteiger partial charge in [-0.05, 0) is 12.1 Å². The quantitative estimate of drug-likeness (QED) is 0.854. The van der Waals surface area contributed by atoms with Crippen molar-refractivity contribution in [2.75, 3.05) is 5.73 Å². The number of alkyl halides is 3. The molecule has 90 valence electrons. The van der Waals surface area contributed by atoms with Crippen LogP contribution in [-0.2, 0) is 6.18 Å². The predicted octanol–water partition coefficient (Wildman–Crippen LogP) is 4.06. The van der Waals surface area contributed by atoms with Gasteiger partial charge < -0.3 is 5.73 Å². The summed E-state index contributed by atoms with van der Waals surface area (Å²) in [7, 11) is 0. The maximum Gasteiger partial charge on any atom is 0.417 e. The molecule has 0 aliphatic heterocycles. The van der Waals surface area contributed by atoms with Gasteiger partial charge in [-0.25, -0.2) is 4.98 Å². The summed E-state index contributed by atoms with van der Waals surface area (Å²) >= 11 is 6.81. The molecule has 0 aliphatic rings. The molecule has 0 saturated heterocycles. The molecule has 2 rings (SSSR count). The van der Waals surface area contributed by atoms with Gasteiger partial charge in [0.2, 0.25) is 0 Å². The number of benzene rings is 1. The maximum absolute atomic E-state index is 12.5. The summed E-state index contributed by atoms with van der Waals surface area (Å²) in [5.74, 6) is 0. The molecule has 1 aromatic heterocycles. The van der Waals surface area contributed by atoms with Crippen LogP contribution in [0, 0.1) is 0 Å². The first-order valence-corrected chi connectivity index (χ1v) is 5.72. The van der Waals surface area contributed by atoms with Crippen molar-refractivity contribution in [2.24, 2.45) is 0 Å². The summed E-state index contributed by atoms with van der Waals surface area (Å²) in [4.78, 5) is 3.97. The van der Waals surface area contributed by atoms with E-state index in [0.717, 1.165) is 6.07 Å². The van der Waals surface area contributed by atoms with E-state index in [1.807, 2.05) is 0 Å². The number of nitrogens with two attached hydrogens (primary N) is 1. The van der Waals surface area contributed by atoms with Gasteiger partial charge in [0.15, 0.2) is 5.13 Å². The number of hydrogen-bond donors (Lipinski definition) is 1. The van der Waals surface area contributed by atoms with E-state index in [4.69, 9.17) is 17.3 Å². The van der Waals surface area contributed by atoms with Crippen LogP contribution in [0.1, 0.15) is 5.56 Å². The fourth-order valence-corrected chi connectivity index (χ4v) is 2.18. The highest BCUT2D eigenvalue weighted by Gasteiger charge is 2.33. The van der Waals surface area contributed by atoms with Gasteiger partial charge in [-0.2, -0.15) is 13.2 Å². The van der Waals surface area contributed by atoms with E-state index in [-0.39, 0.29) is 5.02 Å². The SMILES string of the molecule is Nc1nc(-c2ccc(C(F)(F)F)c(Cl)c2)cs1. The monoisotopic (exact) mass is 278 g/mol. The fourth-order valence-electron chi connectivity index (χ4n) is 1.32. The maximum atomic E-state index is 12.5. The second kappa shape index (κ2) is 4.19. The van der Waals surface area contributed by atoms with E-state index in [9.17, 15) is 13.2 Å². The molecule has 0 radical (unpaired) electrons. The Bertz CT molecular complexity index is 551. The zero-order valence-electron chi connectivity index (χ0n) is 8.25. The lowest BCUT2D eigenvalue weighted by Crippen LogP contribution is -2.05. The van der Waals surface area contributed by atoms with E-state index in [1.165, 1.54) is 23.5 Å². The number of hydrogen-bond acceptors (Lipinski definition) is 3. The van der Waals surface area contributed by atoms with Crippen LogP contribution in [0.2, 0.25) is 5.02 Å². The third kappa shape index (κ3) is 2.53. The minimum absolute atomic E-state index is 0.346. The van der Waals surface area contributed by atoms with E-state index in [0.29, 0.717) is 16.4 Å². The summed E-state index contributed by atoms with van der Waals surface area (Å²) in [6, 6.07) is 3.50. The molecule has 0 aliphatic carbocycles. The van der Waals surface area contributed by atoms with Crippen LogP contribution in [0.15, 0.2) is 23.6 Å². The Kier molecular flexibility index (Phi) is 3.01. The lowest BCUT2D eigenvalue weighted by atomic mass is 10.1. The van der Waals surface area contributed by atoms with E-state index >= 15 is 0 Å². The van der Waals surface area contributed by atoms with Crippen molar-refractivity contribution in [1.82, 2.24) is 4.98 Å². The molecule has 2 aromatic rings. The molecule has 0 spiro atoms. The van der Waals surface area contributed by atoms with Crippen LogP contribution in [0.25, 0.3) is 11.3 Å². The van der Waals surface area contributed by atoms with Gasteiger partial charge in [-0.15, -0.1) is 11.3 Å². The predicted molar refractivity (Wildman–Crippen MR) is 62.0 cm³/mol. The summed E-state index contributed by atoms with van der Waals surface area (Å²) in [5, 5.41) is 1.67. The number of aromatic nitrogens is 1. The third-order valence-corrected chi connectivity index (χ3v) is 3.08. The van der Waals surface area contributed by atoms with Crippen LogP contribution in [-0.4, -0.2) is 4.98 Å². The molecule has 0 atom stereocenters. The molecule has 0 unspecified atom stereocenters. The topological polar surface area (TPSA) is 38.9 Å². The van der Waals surface area contributed by atoms with E-state index in [1.54, 1.807) is 5.38 Å². The normalized spacial score (nSPS) is 11.8. The number of anilines is 1. The number of nitrogens with zero attached hydrogens (tertiary/aromatic N) is 1. The number of halogens is 4. The Morgan fingerprint density at radius 2 is 2.00 bits per heavy atom. The zero-order valence-corrected chi connectivity index (χ0v) is 9.83. The first kappa shape index (κ1) is 12.2. The molecule has 17 heavy (non-hydrogen) atoms. The summed E-state index contributed by atoms with van der Waals surface area (Å²) < 4.78 is 37.4. The van der Waals surface area contributed by atoms with Crippen LogP contribution >= 0.6 is 22.9 Å². The van der Waals surface area contributed by atoms with Gasteiger partial charge >= 0.3 is 6.18 Å². The van der Waals surface area contributed by atoms with Gasteiger partial charge in [-0.3, -0.25) is 0 Å². The van der Waals surface area contributed by atoms with Gasteiger partial charge in [0, 0.05) is 10.9 Å². The number of rotatable bonds is 1. The summed E-state index contributed by atoms with van der Waals surface area (Å²) in [6.45, 7) is 0. The van der Waals surface area contributed by atoms with Crippen molar-refractivity contribution in [3.63, 3.8) is 0 Å². The average molecular weight is 279 g/mol. The molecule has 1 heterocycles. The first-order chi connectivity index (χ1) is 7.88. The molecular weight excluding hydrogens is 273 g/mol. The van der Waals surface area contributed by atoms with Crippen molar-refractivity contribution in [2.45, 2.75) is 6.18 Å². The Morgan fingerprint density at radius 1 is 1.29 bits per heavy atom. The standard InChI is InChI=1S/C10H6ClF3N2S/c11-7-3-5(8-4-17-9(15)16-8)1-2-6(7)10(12,13)14/h1-4H,(H2,15,16). The second-order valence-corrected chi connectivity index (χ2v) is 4.56. The summed E-state index contributed by atoms with van der Waals surface area (Å²) in [5.41, 5.74) is 5.62. The molecule has 2 nitrogen and oxygen atoms in total. The molecule has 1 aromatic carbocycles. The highest BCUT2D eigenvalue weighted by Crippen LogP contribution is 2.36. The fraction of sp³-hybridized carbons (Fsp3) is 0.100. The van der Waals surface area contributed by atoms with Crippen molar-refractivity contribution in [3.8, 4) is 11.3 Å². The van der Waals surface area contributed by atoms with Gasteiger partial charge in [-0.1, -0.05) is 17.7 Å². The average Bonchev–Trinajstić information content (AvgIpc) is 2.62. The highest BCUT2D eigenvalue weighted by atomic mass is 35.5. The van der Waals surface area contributed by atoms with Crippen LogP contribution < -0.4 is 5.73 Å². The molecule has 0 saturated carbocycles. The van der Waals surface area contributed by atoms with Crippen LogP contribution in [0.5, 0.6) is 0 Å². The van der Waals surface area contributed by atoms with Gasteiger partial charge in [0.25, 0.3) is 0 Å². The largest absolute Gasteiger partial charge is 0.417 e. The zero-order chi connectivity index (χ0) is 12.6. The smallest absolute Gasteiger partial charge is 0.375 e. The molecule has 0 amide bonds. The van der Waals surface area contributed by atoms with Crippen molar-refractivity contribution in [1.29, 1.82) is 0 Å². The van der Waals surface area contributed by atoms with Crippen LogP contribution in [0.4, 0.5) is 18.3 Å². The van der Waals surface area contributed by atoms with Gasteiger partial charge in [0.05, 0.1) is 16.3 Å². The molecular formula is C10H6ClF3N2S. The van der Waals surface area contributed by atoms with E-state index < -0.39 is 11.7 Å². The lowest BCUT2D eigenvalue weighted by molar-refractivity contribution is -0.137. The minimum Gasteiger partial charge on any atom is -0.375 e. The molecule has 0 fully saturated rings. The Morgan fingerprint density at radius 3 is 2.47 bits per heavy atom. The minimum atomic E-state index is -4.45. The Hall–Kier alpha value is -1.27. The Balaban J connectivity index is 2.44. The lowest BCUT2D eigenvalue weighted by Gasteiger charge is -2.09. The van der Waals surface area contributed by atoms with E-state index in [2.05, 4.69) is 4.98 Å². The highest BCUT2D eigenvalue weighted by molar-refractivity contribution is 7.13. The summed E-state index contributed by atoms with van der Waals surface area (Å²) in [6.07, 6.45) is -4.45. The van der Waals surface area contributed by atoms with Gasteiger partial charge in [0.1, 0.15) is 0 Å². The van der Waals surface area contributed by atoms with Crippen molar-refractivity contribution in [3.05, 3.63) is 34.2 Å². The van der Waals surface area contributed by atoms with Crippen molar-refractivity contribution >= 4 is 28.1 Å². The number of nitrogen functional groups attached to an aromatic ring is 1. The second-order valence-electron chi connectivity index (χ2n) is 3.26. The molecule has 0 bridgehead atoms. The molecule has 7 heteroatoms. The third-order valence-electron chi connectivity index (χ3n) is 2.09. The number of thiazole rings is 1.